The van der Waals surface area contributed by atoms with Gasteiger partial charge in [0.1, 0.15) is 0 Å². The van der Waals surface area contributed by atoms with Crippen molar-refractivity contribution in [2.45, 2.75) is 19.9 Å². The molecule has 0 unspecified atom stereocenters. The van der Waals surface area contributed by atoms with Gasteiger partial charge in [-0.1, -0.05) is 17.4 Å². The quantitative estimate of drug-likeness (QED) is 0.251. The standard InChI is InChI=1S/C26H25N3O9S/c1-6-38-25(32)21-13(2)27-26-28(22(21)15-7-8-17(35-3)18(12-15)36-4)24(31)20(39-26)11-14-9-16(29(33)34)23(30)19(10-14)37-5/h7-12,22,30H,6H2,1-5H3/b20-11-/t22-/m0/s1. The molecule has 0 radical (unpaired) electrons. The van der Waals surface area contributed by atoms with Crippen molar-refractivity contribution < 1.29 is 33.8 Å². The Balaban J connectivity index is 1.99. The molecule has 4 rings (SSSR count). The van der Waals surface area contributed by atoms with Crippen LogP contribution in [0.5, 0.6) is 23.0 Å². The molecular weight excluding hydrogens is 530 g/mol. The molecule has 0 saturated carbocycles. The minimum absolute atomic E-state index is 0.119. The predicted octanol–water partition coefficient (Wildman–Crippen LogP) is 2.44. The van der Waals surface area contributed by atoms with Gasteiger partial charge >= 0.3 is 11.7 Å². The Bertz CT molecular complexity index is 1690. The van der Waals surface area contributed by atoms with E-state index >= 15 is 0 Å². The van der Waals surface area contributed by atoms with Crippen LogP contribution in [0, 0.1) is 10.1 Å². The number of hydrogen-bond donors (Lipinski definition) is 1. The van der Waals surface area contributed by atoms with Gasteiger partial charge in [0.25, 0.3) is 5.56 Å². The van der Waals surface area contributed by atoms with Crippen molar-refractivity contribution in [2.75, 3.05) is 27.9 Å². The van der Waals surface area contributed by atoms with Gasteiger partial charge in [-0.25, -0.2) is 9.79 Å². The molecule has 0 saturated heterocycles. The van der Waals surface area contributed by atoms with E-state index in [1.807, 2.05) is 0 Å². The fraction of sp³-hybridized carbons (Fsp3) is 0.269. The number of nitro benzene ring substituents is 1. The molecule has 39 heavy (non-hydrogen) atoms. The Morgan fingerprint density at radius 3 is 2.46 bits per heavy atom. The summed E-state index contributed by atoms with van der Waals surface area (Å²) in [5, 5.41) is 21.5. The smallest absolute Gasteiger partial charge is 0.338 e. The zero-order chi connectivity index (χ0) is 28.4. The second kappa shape index (κ2) is 11.0. The maximum absolute atomic E-state index is 13.8. The summed E-state index contributed by atoms with van der Waals surface area (Å²) in [7, 11) is 4.24. The van der Waals surface area contributed by atoms with Crippen LogP contribution in [0.4, 0.5) is 5.69 Å². The number of benzene rings is 2. The molecule has 1 aliphatic rings. The van der Waals surface area contributed by atoms with Gasteiger partial charge in [-0.05, 0) is 49.2 Å². The molecule has 2 aromatic carbocycles. The van der Waals surface area contributed by atoms with E-state index in [0.29, 0.717) is 27.6 Å². The molecule has 0 fully saturated rings. The molecule has 1 aromatic heterocycles. The molecule has 2 heterocycles. The third-order valence-electron chi connectivity index (χ3n) is 6.03. The number of nitro groups is 1. The van der Waals surface area contributed by atoms with Gasteiger partial charge < -0.3 is 24.1 Å². The SMILES string of the molecule is CCOC(=O)C1=C(C)N=c2s/c(=C\c3cc(OC)c(O)c([N+](=O)[O-])c3)c(=O)n2[C@H]1c1ccc(OC)c(OC)c1. The summed E-state index contributed by atoms with van der Waals surface area (Å²) < 4.78 is 22.7. The van der Waals surface area contributed by atoms with Crippen LogP contribution in [0.25, 0.3) is 6.08 Å². The van der Waals surface area contributed by atoms with Crippen molar-refractivity contribution in [2.24, 2.45) is 4.99 Å². The number of aromatic nitrogens is 1. The Labute approximate surface area is 225 Å². The number of thiazole rings is 1. The van der Waals surface area contributed by atoms with E-state index in [9.17, 15) is 24.8 Å². The van der Waals surface area contributed by atoms with E-state index in [1.54, 1.807) is 32.0 Å². The van der Waals surface area contributed by atoms with Gasteiger partial charge in [-0.2, -0.15) is 0 Å². The van der Waals surface area contributed by atoms with Gasteiger partial charge in [0.05, 0.1) is 54.7 Å². The maximum atomic E-state index is 13.8. The van der Waals surface area contributed by atoms with E-state index in [2.05, 4.69) is 4.99 Å². The summed E-state index contributed by atoms with van der Waals surface area (Å²) in [6, 6.07) is 6.68. The van der Waals surface area contributed by atoms with E-state index in [0.717, 1.165) is 17.4 Å². The van der Waals surface area contributed by atoms with Crippen LogP contribution in [-0.2, 0) is 9.53 Å². The third kappa shape index (κ3) is 4.95. The van der Waals surface area contributed by atoms with Crippen molar-refractivity contribution in [3.63, 3.8) is 0 Å². The molecule has 0 spiro atoms. The lowest BCUT2D eigenvalue weighted by Crippen LogP contribution is -2.40. The first-order valence-electron chi connectivity index (χ1n) is 11.6. The van der Waals surface area contributed by atoms with E-state index in [4.69, 9.17) is 18.9 Å². The number of hydrogen-bond acceptors (Lipinski definition) is 11. The Morgan fingerprint density at radius 1 is 1.15 bits per heavy atom. The molecule has 13 heteroatoms. The molecule has 0 aliphatic carbocycles. The van der Waals surface area contributed by atoms with E-state index < -0.39 is 33.9 Å². The number of aromatic hydroxyl groups is 1. The maximum Gasteiger partial charge on any atom is 0.338 e. The summed E-state index contributed by atoms with van der Waals surface area (Å²) in [6.45, 7) is 3.46. The Hall–Kier alpha value is -4.65. The molecule has 204 valence electrons. The van der Waals surface area contributed by atoms with Crippen LogP contribution in [0.2, 0.25) is 0 Å². The molecule has 1 atom stereocenters. The first kappa shape index (κ1) is 27.4. The average Bonchev–Trinajstić information content (AvgIpc) is 3.22. The topological polar surface area (TPSA) is 152 Å². The summed E-state index contributed by atoms with van der Waals surface area (Å²) in [5.41, 5.74) is 0.317. The predicted molar refractivity (Wildman–Crippen MR) is 141 cm³/mol. The van der Waals surface area contributed by atoms with Crippen LogP contribution in [-0.4, -0.2) is 48.5 Å². The van der Waals surface area contributed by atoms with Gasteiger partial charge in [0, 0.05) is 6.07 Å². The van der Waals surface area contributed by atoms with Crippen molar-refractivity contribution in [3.8, 4) is 23.0 Å². The molecule has 1 N–H and O–H groups in total. The van der Waals surface area contributed by atoms with Crippen LogP contribution >= 0.6 is 11.3 Å². The fourth-order valence-corrected chi connectivity index (χ4v) is 5.32. The van der Waals surface area contributed by atoms with Crippen LogP contribution in [0.15, 0.2) is 51.4 Å². The molecule has 3 aromatic rings. The highest BCUT2D eigenvalue weighted by Gasteiger charge is 2.34. The Morgan fingerprint density at radius 2 is 1.85 bits per heavy atom. The van der Waals surface area contributed by atoms with Gasteiger partial charge in [-0.3, -0.25) is 19.5 Å². The fourth-order valence-electron chi connectivity index (χ4n) is 4.27. The van der Waals surface area contributed by atoms with E-state index in [1.165, 1.54) is 38.0 Å². The van der Waals surface area contributed by atoms with Crippen molar-refractivity contribution >= 4 is 29.1 Å². The van der Waals surface area contributed by atoms with E-state index in [-0.39, 0.29) is 28.0 Å². The number of phenolic OH excluding ortho intramolecular Hbond substituents is 1. The first-order chi connectivity index (χ1) is 18.6. The lowest BCUT2D eigenvalue weighted by Gasteiger charge is -2.25. The second-order valence-electron chi connectivity index (χ2n) is 8.26. The van der Waals surface area contributed by atoms with Gasteiger partial charge in [0.15, 0.2) is 22.0 Å². The summed E-state index contributed by atoms with van der Waals surface area (Å²) in [5.74, 6) is -0.490. The van der Waals surface area contributed by atoms with Gasteiger partial charge in [-0.15, -0.1) is 0 Å². The first-order valence-corrected chi connectivity index (χ1v) is 12.4. The highest BCUT2D eigenvalue weighted by atomic mass is 32.1. The molecule has 0 amide bonds. The summed E-state index contributed by atoms with van der Waals surface area (Å²) >= 11 is 1.05. The van der Waals surface area contributed by atoms with Crippen molar-refractivity contribution in [1.82, 2.24) is 4.57 Å². The minimum atomic E-state index is -0.897. The number of nitrogens with zero attached hydrogens (tertiary/aromatic N) is 3. The number of carbonyl (C=O) groups is 1. The van der Waals surface area contributed by atoms with Crippen LogP contribution in [0.1, 0.15) is 31.0 Å². The molecule has 1 aliphatic heterocycles. The normalized spacial score (nSPS) is 14.9. The molecule has 12 nitrogen and oxygen atoms in total. The van der Waals surface area contributed by atoms with Crippen molar-refractivity contribution in [1.29, 1.82) is 0 Å². The lowest BCUT2D eigenvalue weighted by atomic mass is 9.95. The number of fused-ring (bicyclic) bond motifs is 1. The zero-order valence-corrected chi connectivity index (χ0v) is 22.5. The summed E-state index contributed by atoms with van der Waals surface area (Å²) in [4.78, 5) is 42.4. The number of methoxy groups -OCH3 is 3. The highest BCUT2D eigenvalue weighted by Crippen LogP contribution is 2.38. The summed E-state index contributed by atoms with van der Waals surface area (Å²) in [6.07, 6.45) is 1.44. The highest BCUT2D eigenvalue weighted by molar-refractivity contribution is 7.07. The van der Waals surface area contributed by atoms with Gasteiger partial charge in [0.2, 0.25) is 5.75 Å². The van der Waals surface area contributed by atoms with Crippen LogP contribution in [0.3, 0.4) is 0 Å². The average molecular weight is 556 g/mol. The lowest BCUT2D eigenvalue weighted by molar-refractivity contribution is -0.386. The largest absolute Gasteiger partial charge is 0.500 e. The van der Waals surface area contributed by atoms with Crippen molar-refractivity contribution in [3.05, 3.63) is 82.5 Å². The van der Waals surface area contributed by atoms with Crippen LogP contribution < -0.4 is 29.1 Å². The minimum Gasteiger partial charge on any atom is -0.500 e. The number of rotatable bonds is 8. The molecule has 0 bridgehead atoms. The number of esters is 1. The third-order valence-corrected chi connectivity index (χ3v) is 7.01. The number of phenols is 1. The molecular formula is C26H25N3O9S. The second-order valence-corrected chi connectivity index (χ2v) is 9.27. The number of allylic oxidation sites excluding steroid dienone is 1. The Kier molecular flexibility index (Phi) is 7.72. The zero-order valence-electron chi connectivity index (χ0n) is 21.7. The monoisotopic (exact) mass is 555 g/mol. The number of ether oxygens (including phenoxy) is 4. The number of carbonyl (C=O) groups excluding carboxylic acids is 1.